The van der Waals surface area contributed by atoms with Crippen molar-refractivity contribution in [1.82, 2.24) is 5.32 Å². The molecular weight excluding hydrogens is 214 g/mol. The highest BCUT2D eigenvalue weighted by Crippen LogP contribution is 2.26. The van der Waals surface area contributed by atoms with Crippen LogP contribution >= 0.6 is 0 Å². The second kappa shape index (κ2) is 4.03. The minimum Gasteiger partial charge on any atom is -0.489 e. The molecule has 2 heterocycles. The van der Waals surface area contributed by atoms with Crippen molar-refractivity contribution in [2.24, 2.45) is 4.99 Å². The van der Waals surface area contributed by atoms with Crippen molar-refractivity contribution in [2.45, 2.75) is 18.6 Å². The summed E-state index contributed by atoms with van der Waals surface area (Å²) >= 11 is 0. The largest absolute Gasteiger partial charge is 0.489 e. The highest BCUT2D eigenvalue weighted by atomic mass is 16.5. The van der Waals surface area contributed by atoms with E-state index in [0.717, 1.165) is 0 Å². The fourth-order valence-corrected chi connectivity index (χ4v) is 1.56. The van der Waals surface area contributed by atoms with Gasteiger partial charge in [0.05, 0.1) is 12.2 Å². The molecule has 7 heteroatoms. The molecule has 86 valence electrons. The van der Waals surface area contributed by atoms with E-state index in [-0.39, 0.29) is 24.6 Å². The van der Waals surface area contributed by atoms with Gasteiger partial charge in [-0.15, -0.1) is 0 Å². The molecule has 2 rings (SSSR count). The fourth-order valence-electron chi connectivity index (χ4n) is 1.56. The SMILES string of the molecule is N=C1N=C/C(=C2\C[C@H](O)[C@@H](CO)O2)C(=O)N1. The van der Waals surface area contributed by atoms with Gasteiger partial charge in [-0.1, -0.05) is 0 Å². The number of carbonyl (C=O) groups is 1. The van der Waals surface area contributed by atoms with Crippen LogP contribution in [0.5, 0.6) is 0 Å². The van der Waals surface area contributed by atoms with E-state index in [4.69, 9.17) is 15.3 Å². The lowest BCUT2D eigenvalue weighted by molar-refractivity contribution is -0.116. The first-order chi connectivity index (χ1) is 7.61. The van der Waals surface area contributed by atoms with Crippen molar-refractivity contribution in [3.8, 4) is 0 Å². The third-order valence-electron chi connectivity index (χ3n) is 2.40. The van der Waals surface area contributed by atoms with Gasteiger partial charge in [0.2, 0.25) is 5.96 Å². The van der Waals surface area contributed by atoms with Crippen molar-refractivity contribution in [3.05, 3.63) is 11.3 Å². The fraction of sp³-hybridized carbons (Fsp3) is 0.444. The van der Waals surface area contributed by atoms with Gasteiger partial charge in [-0.2, -0.15) is 0 Å². The maximum atomic E-state index is 11.5. The molecule has 0 spiro atoms. The molecule has 0 aromatic rings. The zero-order chi connectivity index (χ0) is 11.7. The van der Waals surface area contributed by atoms with E-state index in [2.05, 4.69) is 10.3 Å². The number of hydrogen-bond donors (Lipinski definition) is 4. The summed E-state index contributed by atoms with van der Waals surface area (Å²) in [6.07, 6.45) is -0.142. The number of nitrogens with zero attached hydrogens (tertiary/aromatic N) is 1. The molecule has 0 saturated carbocycles. The van der Waals surface area contributed by atoms with Gasteiger partial charge in [0.25, 0.3) is 5.91 Å². The Kier molecular flexibility index (Phi) is 2.71. The summed E-state index contributed by atoms with van der Waals surface area (Å²) in [5.41, 5.74) is 0.186. The molecule has 1 fully saturated rings. The first-order valence-corrected chi connectivity index (χ1v) is 4.74. The molecule has 2 aliphatic heterocycles. The van der Waals surface area contributed by atoms with E-state index in [1.54, 1.807) is 0 Å². The average molecular weight is 225 g/mol. The standard InChI is InChI=1S/C9H11N3O4/c10-9-11-2-4(8(15)12-9)6-1-5(14)7(3-13)16-6/h2,5,7,13-14H,1,3H2,(H2,10,12,15)/b6-4-/t5-,7+/m0/s1. The van der Waals surface area contributed by atoms with E-state index in [9.17, 15) is 9.90 Å². The van der Waals surface area contributed by atoms with Crippen LogP contribution in [0.3, 0.4) is 0 Å². The number of guanidine groups is 1. The minimum absolute atomic E-state index is 0.160. The number of carbonyl (C=O) groups excluding carboxylic acids is 1. The van der Waals surface area contributed by atoms with E-state index in [0.29, 0.717) is 5.76 Å². The van der Waals surface area contributed by atoms with Gasteiger partial charge in [-0.25, -0.2) is 4.99 Å². The first-order valence-electron chi connectivity index (χ1n) is 4.74. The average Bonchev–Trinajstić information content (AvgIpc) is 2.59. The van der Waals surface area contributed by atoms with Crippen LogP contribution in [0.1, 0.15) is 6.42 Å². The van der Waals surface area contributed by atoms with Gasteiger partial charge in [-0.05, 0) is 0 Å². The molecule has 1 amide bonds. The third-order valence-corrected chi connectivity index (χ3v) is 2.40. The van der Waals surface area contributed by atoms with Gasteiger partial charge in [-0.3, -0.25) is 15.5 Å². The van der Waals surface area contributed by atoms with Gasteiger partial charge >= 0.3 is 0 Å². The predicted octanol–water partition coefficient (Wildman–Crippen LogP) is -1.48. The summed E-state index contributed by atoms with van der Waals surface area (Å²) in [4.78, 5) is 15.1. The Morgan fingerprint density at radius 3 is 3.00 bits per heavy atom. The Morgan fingerprint density at radius 1 is 1.69 bits per heavy atom. The Bertz CT molecular complexity index is 402. The molecule has 0 unspecified atom stereocenters. The lowest BCUT2D eigenvalue weighted by Gasteiger charge is -2.12. The number of nitrogens with one attached hydrogen (secondary N) is 2. The maximum absolute atomic E-state index is 11.5. The molecular formula is C9H11N3O4. The number of aliphatic hydroxyl groups excluding tert-OH is 2. The lowest BCUT2D eigenvalue weighted by Crippen LogP contribution is -2.35. The van der Waals surface area contributed by atoms with Crippen LogP contribution in [0.2, 0.25) is 0 Å². The van der Waals surface area contributed by atoms with E-state index in [1.165, 1.54) is 6.21 Å². The van der Waals surface area contributed by atoms with Gasteiger partial charge in [0, 0.05) is 12.6 Å². The number of aliphatic imine (C=N–C) groups is 1. The molecule has 7 nitrogen and oxygen atoms in total. The molecule has 2 atom stereocenters. The van der Waals surface area contributed by atoms with Crippen molar-refractivity contribution >= 4 is 18.1 Å². The van der Waals surface area contributed by atoms with Gasteiger partial charge in [0.15, 0.2) is 0 Å². The van der Waals surface area contributed by atoms with Crippen LogP contribution in [-0.4, -0.2) is 47.1 Å². The smallest absolute Gasteiger partial charge is 0.262 e. The number of hydrogen-bond acceptors (Lipinski definition) is 5. The summed E-state index contributed by atoms with van der Waals surface area (Å²) in [6.45, 7) is -0.313. The summed E-state index contributed by atoms with van der Waals surface area (Å²) < 4.78 is 5.23. The van der Waals surface area contributed by atoms with E-state index in [1.807, 2.05) is 0 Å². The number of aliphatic hydroxyl groups is 2. The molecule has 0 aromatic carbocycles. The summed E-state index contributed by atoms with van der Waals surface area (Å²) in [5.74, 6) is -0.423. The molecule has 4 N–H and O–H groups in total. The van der Waals surface area contributed by atoms with Gasteiger partial charge < -0.3 is 14.9 Å². The van der Waals surface area contributed by atoms with Crippen LogP contribution in [0.4, 0.5) is 0 Å². The van der Waals surface area contributed by atoms with E-state index >= 15 is 0 Å². The number of rotatable bonds is 1. The Balaban J connectivity index is 2.27. The highest BCUT2D eigenvalue weighted by Gasteiger charge is 2.33. The maximum Gasteiger partial charge on any atom is 0.262 e. The molecule has 0 bridgehead atoms. The van der Waals surface area contributed by atoms with Gasteiger partial charge in [0.1, 0.15) is 18.0 Å². The molecule has 16 heavy (non-hydrogen) atoms. The highest BCUT2D eigenvalue weighted by molar-refractivity contribution is 6.22. The summed E-state index contributed by atoms with van der Waals surface area (Å²) in [5, 5.41) is 27.7. The normalized spacial score (nSPS) is 33.9. The first kappa shape index (κ1) is 10.8. The Labute approximate surface area is 91.0 Å². The summed E-state index contributed by atoms with van der Waals surface area (Å²) in [6, 6.07) is 0. The zero-order valence-corrected chi connectivity index (χ0v) is 8.30. The monoisotopic (exact) mass is 225 g/mol. The third kappa shape index (κ3) is 1.82. The van der Waals surface area contributed by atoms with Crippen LogP contribution in [0, 0.1) is 5.41 Å². The number of ether oxygens (including phenoxy) is 1. The zero-order valence-electron chi connectivity index (χ0n) is 8.30. The quantitative estimate of drug-likeness (QED) is 0.407. The molecule has 0 aromatic heterocycles. The Hall–Kier alpha value is -1.73. The topological polar surface area (TPSA) is 115 Å². The minimum atomic E-state index is -0.824. The summed E-state index contributed by atoms with van der Waals surface area (Å²) in [7, 11) is 0. The molecule has 1 saturated heterocycles. The second-order valence-electron chi connectivity index (χ2n) is 3.51. The van der Waals surface area contributed by atoms with Crippen LogP contribution in [0.15, 0.2) is 16.3 Å². The molecule has 2 aliphatic rings. The molecule has 0 aliphatic carbocycles. The van der Waals surface area contributed by atoms with E-state index < -0.39 is 18.1 Å². The van der Waals surface area contributed by atoms with Crippen molar-refractivity contribution in [3.63, 3.8) is 0 Å². The van der Waals surface area contributed by atoms with Crippen LogP contribution in [0.25, 0.3) is 0 Å². The van der Waals surface area contributed by atoms with Crippen molar-refractivity contribution in [1.29, 1.82) is 5.41 Å². The van der Waals surface area contributed by atoms with Crippen molar-refractivity contribution in [2.75, 3.05) is 6.61 Å². The second-order valence-corrected chi connectivity index (χ2v) is 3.51. The van der Waals surface area contributed by atoms with Crippen molar-refractivity contribution < 1.29 is 19.7 Å². The van der Waals surface area contributed by atoms with Crippen LogP contribution < -0.4 is 5.32 Å². The van der Waals surface area contributed by atoms with Crippen LogP contribution in [-0.2, 0) is 9.53 Å². The lowest BCUT2D eigenvalue weighted by atomic mass is 10.1. The molecule has 0 radical (unpaired) electrons. The predicted molar refractivity (Wildman–Crippen MR) is 54.0 cm³/mol. The number of amides is 1. The Morgan fingerprint density at radius 2 is 2.44 bits per heavy atom.